The van der Waals surface area contributed by atoms with E-state index < -0.39 is 0 Å². The van der Waals surface area contributed by atoms with Crippen LogP contribution in [0.3, 0.4) is 0 Å². The van der Waals surface area contributed by atoms with E-state index in [0.717, 1.165) is 24.3 Å². The van der Waals surface area contributed by atoms with Crippen molar-refractivity contribution in [1.82, 2.24) is 19.7 Å². The van der Waals surface area contributed by atoms with Crippen molar-refractivity contribution in [3.8, 4) is 17.2 Å². The highest BCUT2D eigenvalue weighted by Gasteiger charge is 2.23. The molecule has 0 saturated carbocycles. The van der Waals surface area contributed by atoms with Gasteiger partial charge in [0.1, 0.15) is 6.61 Å². The lowest BCUT2D eigenvalue weighted by atomic mass is 10.2. The smallest absolute Gasteiger partial charge is 0.233 e. The summed E-state index contributed by atoms with van der Waals surface area (Å²) in [5, 5.41) is 9.52. The van der Waals surface area contributed by atoms with E-state index in [-0.39, 0.29) is 12.5 Å². The van der Waals surface area contributed by atoms with Gasteiger partial charge in [-0.05, 0) is 55.8 Å². The molecule has 0 bridgehead atoms. The monoisotopic (exact) mass is 543 g/mol. The van der Waals surface area contributed by atoms with Gasteiger partial charge in [-0.1, -0.05) is 54.2 Å². The highest BCUT2D eigenvalue weighted by atomic mass is 32.2. The fraction of sp³-hybridized carbons (Fsp3) is 0.300. The molecule has 0 N–H and O–H groups in total. The topological polar surface area (TPSA) is 72.7 Å². The predicted molar refractivity (Wildman–Crippen MR) is 154 cm³/mol. The van der Waals surface area contributed by atoms with Gasteiger partial charge in [0.25, 0.3) is 0 Å². The number of aryl methyl sites for hydroxylation is 1. The SMILES string of the molecule is CCOc1cc(C)ccc1OCc1nnc(SCC(=O)N2CCN(c3ccccc3)CC2)n1-c1ccccc1. The quantitative estimate of drug-likeness (QED) is 0.261. The number of aromatic nitrogens is 3. The molecule has 202 valence electrons. The molecule has 1 saturated heterocycles. The Kier molecular flexibility index (Phi) is 8.68. The second-order valence-electron chi connectivity index (χ2n) is 9.23. The molecule has 0 atom stereocenters. The molecule has 4 aromatic rings. The molecule has 0 radical (unpaired) electrons. The molecule has 8 nitrogen and oxygen atoms in total. The zero-order valence-electron chi connectivity index (χ0n) is 22.3. The maximum Gasteiger partial charge on any atom is 0.233 e. The number of carbonyl (C=O) groups is 1. The third-order valence-corrected chi connectivity index (χ3v) is 7.46. The number of anilines is 1. The van der Waals surface area contributed by atoms with Gasteiger partial charge in [-0.3, -0.25) is 9.36 Å². The number of piperazine rings is 1. The van der Waals surface area contributed by atoms with Crippen molar-refractivity contribution in [2.45, 2.75) is 25.6 Å². The average Bonchev–Trinajstić information content (AvgIpc) is 3.39. The van der Waals surface area contributed by atoms with E-state index in [2.05, 4.69) is 27.2 Å². The Hall–Kier alpha value is -3.98. The van der Waals surface area contributed by atoms with E-state index in [1.807, 2.05) is 90.0 Å². The molecular formula is C30H33N5O3S. The number of rotatable bonds is 10. The third kappa shape index (κ3) is 6.54. The molecule has 5 rings (SSSR count). The minimum absolute atomic E-state index is 0.106. The summed E-state index contributed by atoms with van der Waals surface area (Å²) in [6.45, 7) is 7.79. The van der Waals surface area contributed by atoms with Gasteiger partial charge >= 0.3 is 0 Å². The van der Waals surface area contributed by atoms with Crippen molar-refractivity contribution >= 4 is 23.4 Å². The lowest BCUT2D eigenvalue weighted by molar-refractivity contribution is -0.128. The number of para-hydroxylation sites is 2. The van der Waals surface area contributed by atoms with Crippen LogP contribution in [0.4, 0.5) is 5.69 Å². The Morgan fingerprint density at radius 3 is 2.23 bits per heavy atom. The lowest BCUT2D eigenvalue weighted by Crippen LogP contribution is -2.49. The summed E-state index contributed by atoms with van der Waals surface area (Å²) in [5.41, 5.74) is 3.22. The molecule has 2 heterocycles. The fourth-order valence-corrected chi connectivity index (χ4v) is 5.41. The van der Waals surface area contributed by atoms with E-state index >= 15 is 0 Å². The first-order valence-electron chi connectivity index (χ1n) is 13.2. The molecule has 1 aliphatic heterocycles. The molecule has 1 amide bonds. The number of benzene rings is 3. The van der Waals surface area contributed by atoms with Crippen molar-refractivity contribution in [1.29, 1.82) is 0 Å². The zero-order chi connectivity index (χ0) is 27.0. The minimum atomic E-state index is 0.106. The van der Waals surface area contributed by atoms with Crippen LogP contribution in [0.1, 0.15) is 18.3 Å². The molecule has 1 fully saturated rings. The molecule has 0 unspecified atom stereocenters. The van der Waals surface area contributed by atoms with Crippen LogP contribution in [0, 0.1) is 6.92 Å². The van der Waals surface area contributed by atoms with E-state index in [0.29, 0.717) is 47.9 Å². The van der Waals surface area contributed by atoms with Crippen molar-refractivity contribution in [3.05, 3.63) is 90.3 Å². The Bertz CT molecular complexity index is 1370. The summed E-state index contributed by atoms with van der Waals surface area (Å²) in [4.78, 5) is 17.4. The molecule has 9 heteroatoms. The van der Waals surface area contributed by atoms with E-state index in [4.69, 9.17) is 9.47 Å². The van der Waals surface area contributed by atoms with Crippen LogP contribution >= 0.6 is 11.8 Å². The summed E-state index contributed by atoms with van der Waals surface area (Å²) < 4.78 is 13.9. The van der Waals surface area contributed by atoms with Crippen LogP contribution in [0.5, 0.6) is 11.5 Å². The third-order valence-electron chi connectivity index (χ3n) is 6.55. The van der Waals surface area contributed by atoms with Gasteiger partial charge in [0.05, 0.1) is 12.4 Å². The summed E-state index contributed by atoms with van der Waals surface area (Å²) in [7, 11) is 0. The molecule has 0 spiro atoms. The Morgan fingerprint density at radius 1 is 0.846 bits per heavy atom. The van der Waals surface area contributed by atoms with E-state index in [1.54, 1.807) is 0 Å². The largest absolute Gasteiger partial charge is 0.490 e. The second-order valence-corrected chi connectivity index (χ2v) is 10.2. The average molecular weight is 544 g/mol. The number of carbonyl (C=O) groups excluding carboxylic acids is 1. The van der Waals surface area contributed by atoms with Gasteiger partial charge in [-0.15, -0.1) is 10.2 Å². The summed E-state index contributed by atoms with van der Waals surface area (Å²) in [6.07, 6.45) is 0. The van der Waals surface area contributed by atoms with Crippen molar-refractivity contribution in [3.63, 3.8) is 0 Å². The summed E-state index contributed by atoms with van der Waals surface area (Å²) >= 11 is 1.40. The van der Waals surface area contributed by atoms with Crippen molar-refractivity contribution < 1.29 is 14.3 Å². The fourth-order valence-electron chi connectivity index (χ4n) is 4.54. The second kappa shape index (κ2) is 12.7. The number of hydrogen-bond acceptors (Lipinski definition) is 7. The molecule has 0 aliphatic carbocycles. The van der Waals surface area contributed by atoms with Crippen LogP contribution in [-0.2, 0) is 11.4 Å². The number of thioether (sulfide) groups is 1. The zero-order valence-corrected chi connectivity index (χ0v) is 23.1. The van der Waals surface area contributed by atoms with Crippen LogP contribution in [0.2, 0.25) is 0 Å². The van der Waals surface area contributed by atoms with Gasteiger partial charge in [0.15, 0.2) is 22.5 Å². The first-order valence-corrected chi connectivity index (χ1v) is 14.2. The molecule has 39 heavy (non-hydrogen) atoms. The number of ether oxygens (including phenoxy) is 2. The highest BCUT2D eigenvalue weighted by Crippen LogP contribution is 2.30. The van der Waals surface area contributed by atoms with E-state index in [9.17, 15) is 4.79 Å². The van der Waals surface area contributed by atoms with Crippen molar-refractivity contribution in [2.24, 2.45) is 0 Å². The first-order chi connectivity index (χ1) is 19.1. The lowest BCUT2D eigenvalue weighted by Gasteiger charge is -2.36. The Labute approximate surface area is 233 Å². The van der Waals surface area contributed by atoms with Crippen LogP contribution in [0.15, 0.2) is 84.0 Å². The standard InChI is InChI=1S/C30H33N5O3S/c1-3-37-27-20-23(2)14-15-26(27)38-21-28-31-32-30(35(28)25-12-8-5-9-13-25)39-22-29(36)34-18-16-33(17-19-34)24-10-6-4-7-11-24/h4-15,20H,3,16-19,21-22H2,1-2H3. The number of hydrogen-bond donors (Lipinski definition) is 0. The van der Waals surface area contributed by atoms with Crippen LogP contribution < -0.4 is 14.4 Å². The highest BCUT2D eigenvalue weighted by molar-refractivity contribution is 7.99. The Morgan fingerprint density at radius 2 is 1.54 bits per heavy atom. The van der Waals surface area contributed by atoms with Crippen LogP contribution in [0.25, 0.3) is 5.69 Å². The number of nitrogens with zero attached hydrogens (tertiary/aromatic N) is 5. The van der Waals surface area contributed by atoms with Gasteiger partial charge in [0.2, 0.25) is 5.91 Å². The molecule has 3 aromatic carbocycles. The molecular weight excluding hydrogens is 510 g/mol. The normalized spacial score (nSPS) is 13.4. The maximum absolute atomic E-state index is 13.1. The summed E-state index contributed by atoms with van der Waals surface area (Å²) in [5.74, 6) is 2.41. The minimum Gasteiger partial charge on any atom is -0.490 e. The van der Waals surface area contributed by atoms with Crippen molar-refractivity contribution in [2.75, 3.05) is 43.4 Å². The van der Waals surface area contributed by atoms with Gasteiger partial charge in [-0.25, -0.2) is 0 Å². The van der Waals surface area contributed by atoms with Gasteiger partial charge in [-0.2, -0.15) is 0 Å². The molecule has 1 aromatic heterocycles. The van der Waals surface area contributed by atoms with Crippen LogP contribution in [-0.4, -0.2) is 64.1 Å². The van der Waals surface area contributed by atoms with E-state index in [1.165, 1.54) is 17.4 Å². The Balaban J connectivity index is 1.26. The van der Waals surface area contributed by atoms with Gasteiger partial charge in [0, 0.05) is 37.6 Å². The summed E-state index contributed by atoms with van der Waals surface area (Å²) in [6, 6.07) is 26.1. The maximum atomic E-state index is 13.1. The predicted octanol–water partition coefficient (Wildman–Crippen LogP) is 4.99. The van der Waals surface area contributed by atoms with Gasteiger partial charge < -0.3 is 19.3 Å². The number of amides is 1. The molecule has 1 aliphatic rings. The first kappa shape index (κ1) is 26.6.